The van der Waals surface area contributed by atoms with Crippen molar-refractivity contribution in [3.05, 3.63) is 17.7 Å². The van der Waals surface area contributed by atoms with Gasteiger partial charge in [0.05, 0.1) is 11.6 Å². The zero-order valence-corrected chi connectivity index (χ0v) is 6.31. The summed E-state index contributed by atoms with van der Waals surface area (Å²) >= 11 is 5.54. The van der Waals surface area contributed by atoms with Crippen molar-refractivity contribution in [3.63, 3.8) is 0 Å². The Labute approximate surface area is 59.5 Å². The van der Waals surface area contributed by atoms with Crippen LogP contribution in [0.4, 0.5) is 0 Å². The molecule has 0 aromatic carbocycles. The first kappa shape index (κ1) is 6.62. The molecular weight excluding hydrogens is 136 g/mol. The number of imidazole rings is 1. The second-order valence-electron chi connectivity index (χ2n) is 2.02. The van der Waals surface area contributed by atoms with Crippen LogP contribution >= 0.6 is 11.6 Å². The van der Waals surface area contributed by atoms with Gasteiger partial charge in [0.25, 0.3) is 0 Å². The highest BCUT2D eigenvalue weighted by Gasteiger charge is 1.96. The summed E-state index contributed by atoms with van der Waals surface area (Å²) in [6.07, 6.45) is 1.93. The van der Waals surface area contributed by atoms with Gasteiger partial charge < -0.3 is 4.57 Å². The van der Waals surface area contributed by atoms with Gasteiger partial charge in [0.15, 0.2) is 0 Å². The predicted octanol–water partition coefficient (Wildman–Crippen LogP) is 1.47. The van der Waals surface area contributed by atoms with Crippen LogP contribution in [0.1, 0.15) is 11.5 Å². The van der Waals surface area contributed by atoms with E-state index in [9.17, 15) is 0 Å². The summed E-state index contributed by atoms with van der Waals surface area (Å²) in [6.45, 7) is 1.95. The van der Waals surface area contributed by atoms with Crippen LogP contribution in [0.15, 0.2) is 6.20 Å². The fourth-order valence-electron chi connectivity index (χ4n) is 0.697. The van der Waals surface area contributed by atoms with E-state index in [0.717, 1.165) is 11.5 Å². The van der Waals surface area contributed by atoms with Crippen molar-refractivity contribution in [2.24, 2.45) is 7.05 Å². The van der Waals surface area contributed by atoms with Crippen molar-refractivity contribution in [2.75, 3.05) is 0 Å². The van der Waals surface area contributed by atoms with Crippen LogP contribution < -0.4 is 0 Å². The number of aryl methyl sites for hydroxylation is 2. The molecule has 0 N–H and O–H groups in total. The van der Waals surface area contributed by atoms with Gasteiger partial charge in [-0.15, -0.1) is 11.6 Å². The topological polar surface area (TPSA) is 17.8 Å². The van der Waals surface area contributed by atoms with Gasteiger partial charge in [0, 0.05) is 13.2 Å². The van der Waals surface area contributed by atoms with Crippen LogP contribution in [0.25, 0.3) is 0 Å². The fraction of sp³-hybridized carbons (Fsp3) is 0.500. The lowest BCUT2D eigenvalue weighted by molar-refractivity contribution is 0.858. The first-order valence-corrected chi connectivity index (χ1v) is 3.32. The molecule has 0 saturated carbocycles. The van der Waals surface area contributed by atoms with Crippen LogP contribution in [0.3, 0.4) is 0 Å². The van der Waals surface area contributed by atoms with Crippen LogP contribution in [0.2, 0.25) is 0 Å². The van der Waals surface area contributed by atoms with E-state index in [1.54, 1.807) is 0 Å². The van der Waals surface area contributed by atoms with Crippen molar-refractivity contribution < 1.29 is 0 Å². The molecule has 1 rings (SSSR count). The van der Waals surface area contributed by atoms with E-state index in [-0.39, 0.29) is 0 Å². The van der Waals surface area contributed by atoms with Gasteiger partial charge >= 0.3 is 0 Å². The largest absolute Gasteiger partial charge is 0.338 e. The smallest absolute Gasteiger partial charge is 0.105 e. The van der Waals surface area contributed by atoms with Gasteiger partial charge in [-0.05, 0) is 6.92 Å². The van der Waals surface area contributed by atoms with E-state index in [1.165, 1.54) is 0 Å². The third-order valence-electron chi connectivity index (χ3n) is 1.30. The molecule has 0 amide bonds. The monoisotopic (exact) mass is 144 g/mol. The average Bonchev–Trinajstić information content (AvgIpc) is 2.13. The fourth-order valence-corrected chi connectivity index (χ4v) is 0.826. The second kappa shape index (κ2) is 2.40. The molecule has 1 aromatic heterocycles. The van der Waals surface area contributed by atoms with E-state index in [2.05, 4.69) is 4.98 Å². The highest BCUT2D eigenvalue weighted by molar-refractivity contribution is 6.16. The predicted molar refractivity (Wildman–Crippen MR) is 37.5 cm³/mol. The van der Waals surface area contributed by atoms with Crippen molar-refractivity contribution in [3.8, 4) is 0 Å². The minimum absolute atomic E-state index is 0.502. The summed E-state index contributed by atoms with van der Waals surface area (Å²) in [7, 11) is 1.96. The highest BCUT2D eigenvalue weighted by atomic mass is 35.5. The van der Waals surface area contributed by atoms with E-state index < -0.39 is 0 Å². The lowest BCUT2D eigenvalue weighted by Gasteiger charge is -1.87. The maximum Gasteiger partial charge on any atom is 0.105 e. The lowest BCUT2D eigenvalue weighted by atomic mass is 10.6. The van der Waals surface area contributed by atoms with Crippen LogP contribution in [0, 0.1) is 6.92 Å². The summed E-state index contributed by atoms with van der Waals surface area (Å²) < 4.78 is 1.96. The minimum Gasteiger partial charge on any atom is -0.338 e. The number of alkyl halides is 1. The molecule has 1 heterocycles. The molecule has 0 unspecified atom stereocenters. The average molecular weight is 145 g/mol. The molecular formula is C6H9ClN2. The lowest BCUT2D eigenvalue weighted by Crippen LogP contribution is -1.86. The molecule has 0 aliphatic carbocycles. The van der Waals surface area contributed by atoms with Gasteiger partial charge in [0.2, 0.25) is 0 Å². The Bertz CT molecular complexity index is 185. The number of halogens is 1. The van der Waals surface area contributed by atoms with Crippen LogP contribution in [-0.4, -0.2) is 9.55 Å². The van der Waals surface area contributed by atoms with Gasteiger partial charge in [-0.1, -0.05) is 0 Å². The normalized spacial score (nSPS) is 10.1. The molecule has 3 heteroatoms. The summed E-state index contributed by atoms with van der Waals surface area (Å²) in [5.41, 5.74) is 0.941. The molecule has 50 valence electrons. The SMILES string of the molecule is Cc1nc(CCl)cn1C. The van der Waals surface area contributed by atoms with Crippen molar-refractivity contribution >= 4 is 11.6 Å². The van der Waals surface area contributed by atoms with Gasteiger partial charge in [-0.25, -0.2) is 4.98 Å². The molecule has 0 saturated heterocycles. The third-order valence-corrected chi connectivity index (χ3v) is 1.57. The Hall–Kier alpha value is -0.500. The van der Waals surface area contributed by atoms with E-state index >= 15 is 0 Å². The molecule has 9 heavy (non-hydrogen) atoms. The molecule has 0 radical (unpaired) electrons. The number of hydrogen-bond acceptors (Lipinski definition) is 1. The summed E-state index contributed by atoms with van der Waals surface area (Å²) in [6, 6.07) is 0. The first-order chi connectivity index (χ1) is 4.24. The first-order valence-electron chi connectivity index (χ1n) is 2.79. The van der Waals surface area contributed by atoms with Crippen LogP contribution in [-0.2, 0) is 12.9 Å². The Morgan fingerprint density at radius 1 is 1.78 bits per heavy atom. The zero-order chi connectivity index (χ0) is 6.85. The van der Waals surface area contributed by atoms with E-state index in [4.69, 9.17) is 11.6 Å². The summed E-state index contributed by atoms with van der Waals surface area (Å²) in [5, 5.41) is 0. The number of nitrogens with zero attached hydrogens (tertiary/aromatic N) is 2. The Morgan fingerprint density at radius 2 is 2.44 bits per heavy atom. The summed E-state index contributed by atoms with van der Waals surface area (Å²) in [4.78, 5) is 4.16. The van der Waals surface area contributed by atoms with Gasteiger partial charge in [-0.2, -0.15) is 0 Å². The molecule has 0 fully saturated rings. The van der Waals surface area contributed by atoms with E-state index in [1.807, 2.05) is 24.7 Å². The Balaban J connectivity index is 2.98. The van der Waals surface area contributed by atoms with Gasteiger partial charge in [-0.3, -0.25) is 0 Å². The molecule has 0 spiro atoms. The van der Waals surface area contributed by atoms with E-state index in [0.29, 0.717) is 5.88 Å². The number of aromatic nitrogens is 2. The Kier molecular flexibility index (Phi) is 1.76. The molecule has 0 aliphatic heterocycles. The van der Waals surface area contributed by atoms with Crippen molar-refractivity contribution in [2.45, 2.75) is 12.8 Å². The molecule has 1 aromatic rings. The maximum atomic E-state index is 5.54. The van der Waals surface area contributed by atoms with Crippen LogP contribution in [0.5, 0.6) is 0 Å². The standard InChI is InChI=1S/C6H9ClN2/c1-5-8-6(3-7)4-9(5)2/h4H,3H2,1-2H3. The van der Waals surface area contributed by atoms with Crippen molar-refractivity contribution in [1.29, 1.82) is 0 Å². The molecule has 0 bridgehead atoms. The van der Waals surface area contributed by atoms with Gasteiger partial charge in [0.1, 0.15) is 5.82 Å². The minimum atomic E-state index is 0.502. The highest BCUT2D eigenvalue weighted by Crippen LogP contribution is 2.01. The Morgan fingerprint density at radius 3 is 2.67 bits per heavy atom. The summed E-state index contributed by atoms with van der Waals surface area (Å²) in [5.74, 6) is 1.51. The second-order valence-corrected chi connectivity index (χ2v) is 2.29. The number of rotatable bonds is 1. The van der Waals surface area contributed by atoms with Crippen molar-refractivity contribution in [1.82, 2.24) is 9.55 Å². The number of hydrogen-bond donors (Lipinski definition) is 0. The molecule has 0 atom stereocenters. The quantitative estimate of drug-likeness (QED) is 0.546. The maximum absolute atomic E-state index is 5.54. The third kappa shape index (κ3) is 1.24. The zero-order valence-electron chi connectivity index (χ0n) is 5.56. The molecule has 0 aliphatic rings. The molecule has 2 nitrogen and oxygen atoms in total.